The first kappa shape index (κ1) is 25.1. The van der Waals surface area contributed by atoms with Gasteiger partial charge in [0.1, 0.15) is 23.9 Å². The van der Waals surface area contributed by atoms with Crippen LogP contribution in [-0.2, 0) is 24.1 Å². The Balaban J connectivity index is 1.54. The van der Waals surface area contributed by atoms with Gasteiger partial charge < -0.3 is 29.7 Å². The zero-order valence-electron chi connectivity index (χ0n) is 20.2. The second kappa shape index (κ2) is 11.2. The number of hydrogen-bond acceptors (Lipinski definition) is 6. The van der Waals surface area contributed by atoms with Gasteiger partial charge in [-0.1, -0.05) is 31.5 Å². The van der Waals surface area contributed by atoms with E-state index in [-0.39, 0.29) is 36.8 Å². The van der Waals surface area contributed by atoms with Crippen molar-refractivity contribution in [2.45, 2.75) is 45.3 Å². The number of carbonyl (C=O) groups excluding carboxylic acids is 1. The van der Waals surface area contributed by atoms with Gasteiger partial charge in [-0.15, -0.1) is 0 Å². The van der Waals surface area contributed by atoms with Crippen LogP contribution in [0, 0.1) is 0 Å². The maximum atomic E-state index is 12.2. The van der Waals surface area contributed by atoms with E-state index in [2.05, 4.69) is 6.92 Å². The number of esters is 1. The van der Waals surface area contributed by atoms with Crippen LogP contribution in [0.4, 0.5) is 0 Å². The molecule has 0 spiro atoms. The van der Waals surface area contributed by atoms with Crippen LogP contribution in [0.15, 0.2) is 66.9 Å². The summed E-state index contributed by atoms with van der Waals surface area (Å²) in [6.07, 6.45) is 3.81. The lowest BCUT2D eigenvalue weighted by atomic mass is 10.0. The molecule has 7 heteroatoms. The lowest BCUT2D eigenvalue weighted by Crippen LogP contribution is -2.20. The minimum atomic E-state index is -0.960. The molecule has 4 N–H and O–H groups in total. The van der Waals surface area contributed by atoms with E-state index in [1.54, 1.807) is 60.7 Å². The Kier molecular flexibility index (Phi) is 7.80. The summed E-state index contributed by atoms with van der Waals surface area (Å²) in [4.78, 5) is 12.2. The minimum absolute atomic E-state index is 0.0242. The molecule has 188 valence electrons. The molecule has 0 aliphatic rings. The zero-order chi connectivity index (χ0) is 25.7. The highest BCUT2D eigenvalue weighted by atomic mass is 16.5. The zero-order valence-corrected chi connectivity index (χ0v) is 20.2. The van der Waals surface area contributed by atoms with Gasteiger partial charge in [-0.25, -0.2) is 4.79 Å². The van der Waals surface area contributed by atoms with Gasteiger partial charge in [-0.3, -0.25) is 0 Å². The largest absolute Gasteiger partial charge is 0.508 e. The average molecular weight is 490 g/mol. The molecule has 0 amide bonds. The first-order valence-corrected chi connectivity index (χ1v) is 12.1. The van der Waals surface area contributed by atoms with Crippen LogP contribution >= 0.6 is 0 Å². The fraction of sp³-hybridized carbons (Fsp3) is 0.276. The Labute approximate surface area is 209 Å². The number of fused-ring (bicyclic) bond motifs is 1. The van der Waals surface area contributed by atoms with Gasteiger partial charge in [0, 0.05) is 23.5 Å². The average Bonchev–Trinajstić information content (AvgIpc) is 3.19. The minimum Gasteiger partial charge on any atom is -0.508 e. The van der Waals surface area contributed by atoms with Crippen molar-refractivity contribution in [3.05, 3.63) is 89.1 Å². The van der Waals surface area contributed by atoms with Crippen molar-refractivity contribution in [1.82, 2.24) is 4.57 Å². The predicted molar refractivity (Wildman–Crippen MR) is 138 cm³/mol. The highest BCUT2D eigenvalue weighted by Gasteiger charge is 2.18. The molecule has 4 aromatic rings. The molecule has 0 fully saturated rings. The van der Waals surface area contributed by atoms with E-state index < -0.39 is 12.1 Å². The molecule has 4 rings (SSSR count). The summed E-state index contributed by atoms with van der Waals surface area (Å²) in [5.41, 5.74) is 3.19. The van der Waals surface area contributed by atoms with E-state index in [0.29, 0.717) is 11.1 Å². The van der Waals surface area contributed by atoms with Crippen molar-refractivity contribution >= 4 is 16.9 Å². The molecule has 0 saturated heterocycles. The number of hydrogen-bond donors (Lipinski definition) is 4. The van der Waals surface area contributed by atoms with Gasteiger partial charge in [0.05, 0.1) is 23.8 Å². The van der Waals surface area contributed by atoms with Crippen LogP contribution in [0.5, 0.6) is 17.2 Å². The van der Waals surface area contributed by atoms with Crippen molar-refractivity contribution in [3.63, 3.8) is 0 Å². The van der Waals surface area contributed by atoms with Crippen LogP contribution in [-0.4, -0.2) is 43.7 Å². The molecule has 0 aliphatic carbocycles. The summed E-state index contributed by atoms with van der Waals surface area (Å²) < 4.78 is 7.11. The SMILES string of the molecule is CCCCc1cc(O)c(Cn2cc(CC(O)COC(=O)c3ccccc3)c3cc(O)ccc32)c(O)c1. The number of phenols is 3. The molecule has 0 saturated carbocycles. The summed E-state index contributed by atoms with van der Waals surface area (Å²) in [7, 11) is 0. The maximum absolute atomic E-state index is 12.2. The lowest BCUT2D eigenvalue weighted by molar-refractivity contribution is 0.0259. The summed E-state index contributed by atoms with van der Waals surface area (Å²) in [5, 5.41) is 42.6. The van der Waals surface area contributed by atoms with Crippen molar-refractivity contribution in [1.29, 1.82) is 0 Å². The van der Waals surface area contributed by atoms with E-state index in [4.69, 9.17) is 4.74 Å². The number of aromatic nitrogens is 1. The van der Waals surface area contributed by atoms with Gasteiger partial charge in [0.25, 0.3) is 0 Å². The summed E-state index contributed by atoms with van der Waals surface area (Å²) in [6, 6.07) is 16.9. The molecule has 1 aromatic heterocycles. The number of ether oxygens (including phenoxy) is 1. The molecule has 1 atom stereocenters. The number of unbranched alkanes of at least 4 members (excludes halogenated alkanes) is 1. The molecule has 0 radical (unpaired) electrons. The Bertz CT molecular complexity index is 1320. The van der Waals surface area contributed by atoms with E-state index in [0.717, 1.165) is 41.3 Å². The lowest BCUT2D eigenvalue weighted by Gasteiger charge is -2.12. The fourth-order valence-electron chi connectivity index (χ4n) is 4.35. The number of benzene rings is 3. The Hall–Kier alpha value is -3.97. The van der Waals surface area contributed by atoms with Crippen LogP contribution in [0.1, 0.15) is 46.8 Å². The standard InChI is InChI=1S/C29H31NO6/c1-2-3-7-19-12-27(33)25(28(34)13-19)17-30-16-21(24-15-22(31)10-11-26(24)30)14-23(32)18-36-29(35)20-8-5-4-6-9-20/h4-6,8-13,15-16,23,31-34H,2-3,7,14,17-18H2,1H3. The molecule has 1 unspecified atom stereocenters. The second-order valence-electron chi connectivity index (χ2n) is 9.02. The van der Waals surface area contributed by atoms with E-state index in [1.165, 1.54) is 0 Å². The van der Waals surface area contributed by atoms with Crippen LogP contribution < -0.4 is 0 Å². The van der Waals surface area contributed by atoms with E-state index in [1.807, 2.05) is 10.8 Å². The van der Waals surface area contributed by atoms with Crippen LogP contribution in [0.3, 0.4) is 0 Å². The first-order chi connectivity index (χ1) is 17.4. The normalized spacial score (nSPS) is 12.1. The Morgan fingerprint density at radius 2 is 1.72 bits per heavy atom. The van der Waals surface area contributed by atoms with Crippen molar-refractivity contribution in [3.8, 4) is 17.2 Å². The molecule has 0 bridgehead atoms. The summed E-state index contributed by atoms with van der Waals surface area (Å²) >= 11 is 0. The monoisotopic (exact) mass is 489 g/mol. The van der Waals surface area contributed by atoms with Gasteiger partial charge in [-0.05, 0) is 66.4 Å². The number of aryl methyl sites for hydroxylation is 1. The molecule has 36 heavy (non-hydrogen) atoms. The van der Waals surface area contributed by atoms with Gasteiger partial charge in [0.2, 0.25) is 0 Å². The number of nitrogens with zero attached hydrogens (tertiary/aromatic N) is 1. The molecule has 1 heterocycles. The van der Waals surface area contributed by atoms with Crippen molar-refractivity contribution in [2.75, 3.05) is 6.61 Å². The second-order valence-corrected chi connectivity index (χ2v) is 9.02. The highest BCUT2D eigenvalue weighted by Crippen LogP contribution is 2.33. The van der Waals surface area contributed by atoms with E-state index >= 15 is 0 Å². The maximum Gasteiger partial charge on any atom is 0.338 e. The van der Waals surface area contributed by atoms with Crippen LogP contribution in [0.25, 0.3) is 10.9 Å². The van der Waals surface area contributed by atoms with Gasteiger partial charge in [0.15, 0.2) is 0 Å². The molecule has 3 aromatic carbocycles. The summed E-state index contributed by atoms with van der Waals surface area (Å²) in [5.74, 6) is -0.382. The quantitative estimate of drug-likeness (QED) is 0.236. The molecule has 0 aliphatic heterocycles. The third-order valence-corrected chi connectivity index (χ3v) is 6.23. The van der Waals surface area contributed by atoms with Gasteiger partial charge in [-0.2, -0.15) is 0 Å². The van der Waals surface area contributed by atoms with Crippen molar-refractivity contribution < 1.29 is 30.0 Å². The molecular weight excluding hydrogens is 458 g/mol. The molecular formula is C29H31NO6. The summed E-state index contributed by atoms with van der Waals surface area (Å²) in [6.45, 7) is 2.11. The number of aliphatic hydroxyl groups excluding tert-OH is 1. The first-order valence-electron chi connectivity index (χ1n) is 12.1. The number of aliphatic hydroxyl groups is 1. The predicted octanol–water partition coefficient (Wildman–Crippen LogP) is 4.91. The number of phenolic OH excluding ortho intramolecular Hbond substituents is 3. The van der Waals surface area contributed by atoms with Crippen molar-refractivity contribution in [2.24, 2.45) is 0 Å². The smallest absolute Gasteiger partial charge is 0.338 e. The van der Waals surface area contributed by atoms with Gasteiger partial charge >= 0.3 is 5.97 Å². The van der Waals surface area contributed by atoms with Crippen LogP contribution in [0.2, 0.25) is 0 Å². The number of rotatable bonds is 10. The number of carbonyl (C=O) groups is 1. The third-order valence-electron chi connectivity index (χ3n) is 6.23. The number of aromatic hydroxyl groups is 3. The highest BCUT2D eigenvalue weighted by molar-refractivity contribution is 5.89. The fourth-order valence-corrected chi connectivity index (χ4v) is 4.35. The Morgan fingerprint density at radius 1 is 1.00 bits per heavy atom. The topological polar surface area (TPSA) is 112 Å². The Morgan fingerprint density at radius 3 is 2.42 bits per heavy atom. The third kappa shape index (κ3) is 5.80. The molecule has 7 nitrogen and oxygen atoms in total. The van der Waals surface area contributed by atoms with E-state index in [9.17, 15) is 25.2 Å².